The number of hydrogen-bond donors (Lipinski definition) is 1. The Hall–Kier alpha value is -1.51. The number of carboxylic acid groups (broad SMARTS) is 1. The molecule has 98 valence electrons. The highest BCUT2D eigenvalue weighted by Crippen LogP contribution is 2.42. The van der Waals surface area contributed by atoms with Crippen molar-refractivity contribution in [2.24, 2.45) is 11.8 Å². The van der Waals surface area contributed by atoms with Gasteiger partial charge in [0.05, 0.1) is 13.0 Å². The highest BCUT2D eigenvalue weighted by Gasteiger charge is 2.43. The number of methoxy groups -OCH3 is 1. The molecule has 0 aromatic heterocycles. The predicted molar refractivity (Wildman–Crippen MR) is 70.1 cm³/mol. The second-order valence-corrected chi connectivity index (χ2v) is 5.28. The first kappa shape index (κ1) is 12.9. The molecule has 1 aromatic carbocycles. The summed E-state index contributed by atoms with van der Waals surface area (Å²) in [5.41, 5.74) is 4.79. The molecule has 2 unspecified atom stereocenters. The number of benzene rings is 1. The van der Waals surface area contributed by atoms with Crippen LogP contribution in [0, 0.1) is 32.6 Å². The van der Waals surface area contributed by atoms with Gasteiger partial charge >= 0.3 is 5.97 Å². The molecule has 0 amide bonds. The Kier molecular flexibility index (Phi) is 3.33. The Bertz CT molecular complexity index is 491. The van der Waals surface area contributed by atoms with E-state index in [0.29, 0.717) is 5.92 Å². The monoisotopic (exact) mass is 248 g/mol. The Morgan fingerprint density at radius 3 is 2.56 bits per heavy atom. The van der Waals surface area contributed by atoms with E-state index >= 15 is 0 Å². The fraction of sp³-hybridized carbons (Fsp3) is 0.533. The minimum atomic E-state index is -0.653. The molecule has 0 bridgehead atoms. The van der Waals surface area contributed by atoms with E-state index in [-0.39, 0.29) is 5.92 Å². The number of hydrogen-bond acceptors (Lipinski definition) is 2. The predicted octanol–water partition coefficient (Wildman–Crippen LogP) is 2.88. The smallest absolute Gasteiger partial charge is 0.306 e. The van der Waals surface area contributed by atoms with E-state index in [2.05, 4.69) is 19.9 Å². The van der Waals surface area contributed by atoms with Crippen molar-refractivity contribution in [1.82, 2.24) is 0 Å². The number of aryl methyl sites for hydroxylation is 1. The topological polar surface area (TPSA) is 46.5 Å². The minimum absolute atomic E-state index is 0.132. The molecule has 0 aliphatic heterocycles. The van der Waals surface area contributed by atoms with Gasteiger partial charge in [0, 0.05) is 0 Å². The van der Waals surface area contributed by atoms with Crippen LogP contribution in [-0.2, 0) is 11.2 Å². The average Bonchev–Trinajstić information content (AvgIpc) is 3.06. The lowest BCUT2D eigenvalue weighted by molar-refractivity contribution is -0.138. The molecule has 3 heteroatoms. The van der Waals surface area contributed by atoms with Crippen molar-refractivity contribution in [2.75, 3.05) is 7.11 Å². The molecule has 1 aliphatic rings. The van der Waals surface area contributed by atoms with Crippen LogP contribution in [0.5, 0.6) is 5.75 Å². The third-order valence-electron chi connectivity index (χ3n) is 4.06. The number of carboxylic acids is 1. The van der Waals surface area contributed by atoms with Crippen LogP contribution >= 0.6 is 0 Å². The third kappa shape index (κ3) is 2.22. The first-order valence-electron chi connectivity index (χ1n) is 6.32. The summed E-state index contributed by atoms with van der Waals surface area (Å²) >= 11 is 0. The molecule has 0 heterocycles. The van der Waals surface area contributed by atoms with Gasteiger partial charge in [-0.05, 0) is 61.8 Å². The van der Waals surface area contributed by atoms with Gasteiger partial charge in [-0.3, -0.25) is 4.79 Å². The number of aliphatic carboxylic acids is 1. The lowest BCUT2D eigenvalue weighted by atomic mass is 9.95. The first-order chi connectivity index (χ1) is 8.45. The molecule has 18 heavy (non-hydrogen) atoms. The van der Waals surface area contributed by atoms with Crippen LogP contribution in [-0.4, -0.2) is 18.2 Å². The van der Waals surface area contributed by atoms with Crippen LogP contribution in [0.1, 0.15) is 28.7 Å². The quantitative estimate of drug-likeness (QED) is 0.891. The van der Waals surface area contributed by atoms with E-state index in [1.54, 1.807) is 7.11 Å². The van der Waals surface area contributed by atoms with Crippen LogP contribution < -0.4 is 4.74 Å². The second-order valence-electron chi connectivity index (χ2n) is 5.28. The lowest BCUT2D eigenvalue weighted by Crippen LogP contribution is -2.04. The van der Waals surface area contributed by atoms with Crippen molar-refractivity contribution in [3.8, 4) is 5.75 Å². The van der Waals surface area contributed by atoms with Crippen molar-refractivity contribution in [2.45, 2.75) is 33.6 Å². The molecular formula is C15H20O3. The summed E-state index contributed by atoms with van der Waals surface area (Å²) in [7, 11) is 1.69. The minimum Gasteiger partial charge on any atom is -0.496 e. The van der Waals surface area contributed by atoms with E-state index in [9.17, 15) is 4.79 Å². The van der Waals surface area contributed by atoms with E-state index in [1.807, 2.05) is 6.92 Å². The molecule has 1 aromatic rings. The molecule has 0 radical (unpaired) electrons. The average molecular weight is 248 g/mol. The summed E-state index contributed by atoms with van der Waals surface area (Å²) in [6.45, 7) is 6.19. The van der Waals surface area contributed by atoms with Gasteiger partial charge in [0.15, 0.2) is 0 Å². The van der Waals surface area contributed by atoms with Gasteiger partial charge in [0.1, 0.15) is 5.75 Å². The zero-order valence-corrected chi connectivity index (χ0v) is 11.4. The van der Waals surface area contributed by atoms with Crippen molar-refractivity contribution in [1.29, 1.82) is 0 Å². The standard InChI is InChI=1S/C15H20O3/c1-8-5-11(6-12-7-13(12)15(16)17)9(2)10(3)14(8)18-4/h5,12-13H,6-7H2,1-4H3,(H,16,17). The Morgan fingerprint density at radius 2 is 2.06 bits per heavy atom. The Balaban J connectivity index is 2.22. The molecule has 2 atom stereocenters. The van der Waals surface area contributed by atoms with Crippen molar-refractivity contribution in [3.63, 3.8) is 0 Å². The van der Waals surface area contributed by atoms with E-state index in [0.717, 1.165) is 24.2 Å². The number of carbonyl (C=O) groups is 1. The van der Waals surface area contributed by atoms with E-state index in [4.69, 9.17) is 9.84 Å². The van der Waals surface area contributed by atoms with Crippen molar-refractivity contribution >= 4 is 5.97 Å². The van der Waals surface area contributed by atoms with Gasteiger partial charge in [0.2, 0.25) is 0 Å². The van der Waals surface area contributed by atoms with Gasteiger partial charge in [-0.15, -0.1) is 0 Å². The van der Waals surface area contributed by atoms with Crippen LogP contribution in [0.25, 0.3) is 0 Å². The molecule has 3 nitrogen and oxygen atoms in total. The van der Waals surface area contributed by atoms with Gasteiger partial charge in [-0.2, -0.15) is 0 Å². The van der Waals surface area contributed by atoms with Crippen LogP contribution in [0.3, 0.4) is 0 Å². The fourth-order valence-electron chi connectivity index (χ4n) is 2.73. The van der Waals surface area contributed by atoms with E-state index in [1.165, 1.54) is 16.7 Å². The normalized spacial score (nSPS) is 21.8. The molecule has 1 aliphatic carbocycles. The second kappa shape index (κ2) is 4.63. The first-order valence-corrected chi connectivity index (χ1v) is 6.32. The maximum atomic E-state index is 10.9. The molecule has 2 rings (SSSR count). The third-order valence-corrected chi connectivity index (χ3v) is 4.06. The number of rotatable bonds is 4. The Labute approximate surface area is 108 Å². The fourth-order valence-corrected chi connectivity index (χ4v) is 2.73. The lowest BCUT2D eigenvalue weighted by Gasteiger charge is -2.15. The summed E-state index contributed by atoms with van der Waals surface area (Å²) < 4.78 is 5.40. The maximum Gasteiger partial charge on any atom is 0.306 e. The molecular weight excluding hydrogens is 228 g/mol. The van der Waals surface area contributed by atoms with Crippen LogP contribution in [0.15, 0.2) is 6.07 Å². The van der Waals surface area contributed by atoms with Gasteiger partial charge in [-0.1, -0.05) is 6.07 Å². The zero-order chi connectivity index (χ0) is 13.4. The van der Waals surface area contributed by atoms with E-state index < -0.39 is 5.97 Å². The Morgan fingerprint density at radius 1 is 1.39 bits per heavy atom. The molecule has 1 fully saturated rings. The molecule has 0 saturated heterocycles. The van der Waals surface area contributed by atoms with Crippen LogP contribution in [0.2, 0.25) is 0 Å². The molecule has 0 spiro atoms. The molecule has 1 N–H and O–H groups in total. The summed E-state index contributed by atoms with van der Waals surface area (Å²) in [5, 5.41) is 8.94. The van der Waals surface area contributed by atoms with Gasteiger partial charge in [-0.25, -0.2) is 0 Å². The van der Waals surface area contributed by atoms with Gasteiger partial charge < -0.3 is 9.84 Å². The van der Waals surface area contributed by atoms with Crippen LogP contribution in [0.4, 0.5) is 0 Å². The highest BCUT2D eigenvalue weighted by atomic mass is 16.5. The summed E-state index contributed by atoms with van der Waals surface area (Å²) in [6.07, 6.45) is 1.69. The maximum absolute atomic E-state index is 10.9. The SMILES string of the molecule is COc1c(C)cc(CC2CC2C(=O)O)c(C)c1C. The zero-order valence-electron chi connectivity index (χ0n) is 11.4. The van der Waals surface area contributed by atoms with Crippen molar-refractivity contribution in [3.05, 3.63) is 28.3 Å². The van der Waals surface area contributed by atoms with Crippen molar-refractivity contribution < 1.29 is 14.6 Å². The largest absolute Gasteiger partial charge is 0.496 e. The summed E-state index contributed by atoms with van der Waals surface area (Å²) in [4.78, 5) is 10.9. The number of ether oxygens (including phenoxy) is 1. The summed E-state index contributed by atoms with van der Waals surface area (Å²) in [5.74, 6) is 0.474. The molecule has 1 saturated carbocycles. The summed E-state index contributed by atoms with van der Waals surface area (Å²) in [6, 6.07) is 2.14. The highest BCUT2D eigenvalue weighted by molar-refractivity contribution is 5.73. The van der Waals surface area contributed by atoms with Gasteiger partial charge in [0.25, 0.3) is 0 Å².